The molecule has 0 aromatic heterocycles. The van der Waals surface area contributed by atoms with Crippen LogP contribution in [0.1, 0.15) is 51.7 Å². The van der Waals surface area contributed by atoms with E-state index in [-0.39, 0.29) is 0 Å². The molecular formula is C22H28Br2O. The van der Waals surface area contributed by atoms with E-state index in [1.54, 1.807) is 0 Å². The van der Waals surface area contributed by atoms with Gasteiger partial charge < -0.3 is 4.74 Å². The van der Waals surface area contributed by atoms with Crippen LogP contribution in [0.4, 0.5) is 0 Å². The van der Waals surface area contributed by atoms with Crippen molar-refractivity contribution in [2.45, 2.75) is 53.4 Å². The Morgan fingerprint density at radius 2 is 1.16 bits per heavy atom. The summed E-state index contributed by atoms with van der Waals surface area (Å²) < 4.78 is 8.69. The Morgan fingerprint density at radius 1 is 0.760 bits per heavy atom. The molecule has 0 spiro atoms. The standard InChI is InChI=1S/C22H28Br2O/c1-5-15(3)13-17-19(23)9-7-11-21(17)25-22-12-8-10-20(24)18(22)14-16(4)6-2/h7-12,15-16H,5-6,13-14H2,1-4H3/t15-,16-/m0/s1. The average molecular weight is 468 g/mol. The molecule has 25 heavy (non-hydrogen) atoms. The molecule has 2 aromatic rings. The SMILES string of the molecule is CC[C@H](C)Cc1c(Br)cccc1Oc1cccc(Br)c1C[C@@H](C)CC. The van der Waals surface area contributed by atoms with Crippen molar-refractivity contribution in [1.29, 1.82) is 0 Å². The van der Waals surface area contributed by atoms with Crippen LogP contribution in [0.15, 0.2) is 45.3 Å². The van der Waals surface area contributed by atoms with Crippen LogP contribution in [0.25, 0.3) is 0 Å². The highest BCUT2D eigenvalue weighted by Gasteiger charge is 2.16. The molecule has 0 N–H and O–H groups in total. The Bertz CT molecular complexity index is 637. The lowest BCUT2D eigenvalue weighted by Crippen LogP contribution is -2.04. The monoisotopic (exact) mass is 466 g/mol. The molecule has 2 atom stereocenters. The summed E-state index contributed by atoms with van der Waals surface area (Å²) in [6, 6.07) is 12.5. The number of ether oxygens (including phenoxy) is 1. The summed E-state index contributed by atoms with van der Waals surface area (Å²) in [4.78, 5) is 0. The van der Waals surface area contributed by atoms with Gasteiger partial charge in [-0.2, -0.15) is 0 Å². The van der Waals surface area contributed by atoms with Crippen LogP contribution in [-0.4, -0.2) is 0 Å². The van der Waals surface area contributed by atoms with Crippen molar-refractivity contribution in [3.05, 3.63) is 56.5 Å². The average Bonchev–Trinajstić information content (AvgIpc) is 2.60. The van der Waals surface area contributed by atoms with Crippen LogP contribution in [0, 0.1) is 11.8 Å². The smallest absolute Gasteiger partial charge is 0.131 e. The fourth-order valence-corrected chi connectivity index (χ4v) is 3.79. The van der Waals surface area contributed by atoms with Crippen molar-refractivity contribution in [3.8, 4) is 11.5 Å². The largest absolute Gasteiger partial charge is 0.457 e. The molecule has 0 saturated heterocycles. The third-order valence-corrected chi connectivity index (χ3v) is 6.36. The van der Waals surface area contributed by atoms with Gasteiger partial charge in [0.05, 0.1) is 0 Å². The minimum atomic E-state index is 0.628. The van der Waals surface area contributed by atoms with Crippen molar-refractivity contribution in [3.63, 3.8) is 0 Å². The minimum Gasteiger partial charge on any atom is -0.457 e. The molecule has 2 aromatic carbocycles. The predicted octanol–water partition coefficient (Wildman–Crippen LogP) is 8.18. The normalized spacial score (nSPS) is 13.5. The minimum absolute atomic E-state index is 0.628. The maximum absolute atomic E-state index is 6.43. The van der Waals surface area contributed by atoms with Crippen molar-refractivity contribution < 1.29 is 4.74 Å². The topological polar surface area (TPSA) is 9.23 Å². The first kappa shape index (κ1) is 20.5. The molecule has 3 heteroatoms. The molecule has 0 saturated carbocycles. The fourth-order valence-electron chi connectivity index (χ4n) is 2.77. The van der Waals surface area contributed by atoms with Gasteiger partial charge in [-0.1, -0.05) is 84.5 Å². The van der Waals surface area contributed by atoms with Gasteiger partial charge in [0, 0.05) is 20.1 Å². The summed E-state index contributed by atoms with van der Waals surface area (Å²) in [5.74, 6) is 3.17. The fraction of sp³-hybridized carbons (Fsp3) is 0.455. The van der Waals surface area contributed by atoms with Gasteiger partial charge in [0.25, 0.3) is 0 Å². The molecule has 0 fully saturated rings. The number of hydrogen-bond donors (Lipinski definition) is 0. The molecule has 136 valence electrons. The van der Waals surface area contributed by atoms with E-state index in [4.69, 9.17) is 4.74 Å². The molecule has 2 rings (SSSR count). The van der Waals surface area contributed by atoms with E-state index < -0.39 is 0 Å². The zero-order valence-corrected chi connectivity index (χ0v) is 18.8. The quantitative estimate of drug-likeness (QED) is 0.380. The molecule has 0 aliphatic carbocycles. The van der Waals surface area contributed by atoms with E-state index in [0.717, 1.165) is 46.1 Å². The van der Waals surface area contributed by atoms with Crippen LogP contribution < -0.4 is 4.74 Å². The van der Waals surface area contributed by atoms with E-state index in [9.17, 15) is 0 Å². The molecule has 0 amide bonds. The Balaban J connectivity index is 2.37. The van der Waals surface area contributed by atoms with Gasteiger partial charge in [0.2, 0.25) is 0 Å². The highest BCUT2D eigenvalue weighted by Crippen LogP contribution is 2.37. The molecular weight excluding hydrogens is 440 g/mol. The van der Waals surface area contributed by atoms with Crippen molar-refractivity contribution >= 4 is 31.9 Å². The second-order valence-corrected chi connectivity index (χ2v) is 8.68. The van der Waals surface area contributed by atoms with Crippen LogP contribution in [0.2, 0.25) is 0 Å². The molecule has 1 nitrogen and oxygen atoms in total. The summed E-state index contributed by atoms with van der Waals surface area (Å²) in [6.07, 6.45) is 4.36. The van der Waals surface area contributed by atoms with Gasteiger partial charge in [-0.25, -0.2) is 0 Å². The van der Waals surface area contributed by atoms with E-state index in [2.05, 4.69) is 83.8 Å². The molecule has 0 bridgehead atoms. The first-order valence-corrected chi connectivity index (χ1v) is 10.8. The van der Waals surface area contributed by atoms with Gasteiger partial charge in [-0.05, 0) is 48.9 Å². The maximum atomic E-state index is 6.43. The van der Waals surface area contributed by atoms with Gasteiger partial charge in [-0.15, -0.1) is 0 Å². The van der Waals surface area contributed by atoms with Gasteiger partial charge in [0.15, 0.2) is 0 Å². The number of hydrogen-bond acceptors (Lipinski definition) is 1. The van der Waals surface area contributed by atoms with Crippen LogP contribution >= 0.6 is 31.9 Å². The lowest BCUT2D eigenvalue weighted by Gasteiger charge is -2.19. The van der Waals surface area contributed by atoms with Crippen LogP contribution in [0.3, 0.4) is 0 Å². The molecule has 0 heterocycles. The highest BCUT2D eigenvalue weighted by atomic mass is 79.9. The Kier molecular flexibility index (Phi) is 8.02. The second-order valence-electron chi connectivity index (χ2n) is 6.97. The van der Waals surface area contributed by atoms with Gasteiger partial charge in [-0.3, -0.25) is 0 Å². The third-order valence-electron chi connectivity index (χ3n) is 4.87. The predicted molar refractivity (Wildman–Crippen MR) is 115 cm³/mol. The van der Waals surface area contributed by atoms with E-state index in [1.807, 2.05) is 12.1 Å². The van der Waals surface area contributed by atoms with E-state index in [0.29, 0.717) is 11.8 Å². The molecule has 0 radical (unpaired) electrons. The van der Waals surface area contributed by atoms with Gasteiger partial charge >= 0.3 is 0 Å². The Labute approximate surface area is 169 Å². The molecule has 0 aliphatic heterocycles. The van der Waals surface area contributed by atoms with Crippen LogP contribution in [0.5, 0.6) is 11.5 Å². The van der Waals surface area contributed by atoms with Crippen molar-refractivity contribution in [1.82, 2.24) is 0 Å². The number of rotatable bonds is 8. The lowest BCUT2D eigenvalue weighted by atomic mass is 9.97. The summed E-state index contributed by atoms with van der Waals surface area (Å²) in [6.45, 7) is 9.05. The van der Waals surface area contributed by atoms with Gasteiger partial charge in [0.1, 0.15) is 11.5 Å². The first-order valence-electron chi connectivity index (χ1n) is 9.18. The Morgan fingerprint density at radius 3 is 1.52 bits per heavy atom. The van der Waals surface area contributed by atoms with E-state index >= 15 is 0 Å². The maximum Gasteiger partial charge on any atom is 0.131 e. The van der Waals surface area contributed by atoms with Crippen molar-refractivity contribution in [2.24, 2.45) is 11.8 Å². The Hall–Kier alpha value is -0.800. The zero-order chi connectivity index (χ0) is 18.4. The van der Waals surface area contributed by atoms with Crippen molar-refractivity contribution in [2.75, 3.05) is 0 Å². The lowest BCUT2D eigenvalue weighted by molar-refractivity contribution is 0.451. The molecule has 0 unspecified atom stereocenters. The third kappa shape index (κ3) is 5.59. The zero-order valence-electron chi connectivity index (χ0n) is 15.6. The van der Waals surface area contributed by atoms with E-state index in [1.165, 1.54) is 11.1 Å². The second kappa shape index (κ2) is 9.78. The van der Waals surface area contributed by atoms with Crippen LogP contribution in [-0.2, 0) is 12.8 Å². The number of halogens is 2. The summed E-state index contributed by atoms with van der Waals surface area (Å²) in [7, 11) is 0. The summed E-state index contributed by atoms with van der Waals surface area (Å²) in [5.41, 5.74) is 2.51. The summed E-state index contributed by atoms with van der Waals surface area (Å²) in [5, 5.41) is 0. The number of benzene rings is 2. The summed E-state index contributed by atoms with van der Waals surface area (Å²) >= 11 is 7.43. The highest BCUT2D eigenvalue weighted by molar-refractivity contribution is 9.10. The molecule has 0 aliphatic rings. The first-order chi connectivity index (χ1) is 12.0.